The minimum absolute atomic E-state index is 0.508. The smallest absolute Gasteiger partial charge is 0.161 e. The Balaban J connectivity index is 2.81. The van der Waals surface area contributed by atoms with Crippen LogP contribution in [0.5, 0.6) is 0 Å². The molecule has 0 atom stereocenters. The summed E-state index contributed by atoms with van der Waals surface area (Å²) >= 11 is 0. The van der Waals surface area contributed by atoms with Crippen LogP contribution in [0.15, 0.2) is 0 Å². The number of aryl methyl sites for hydroxylation is 1. The van der Waals surface area contributed by atoms with Crippen molar-refractivity contribution in [2.24, 2.45) is 5.92 Å². The highest BCUT2D eigenvalue weighted by molar-refractivity contribution is 5.25. The summed E-state index contributed by atoms with van der Waals surface area (Å²) in [7, 11) is 0. The lowest BCUT2D eigenvalue weighted by Gasteiger charge is -2.02. The van der Waals surface area contributed by atoms with Gasteiger partial charge < -0.3 is 0 Å². The van der Waals surface area contributed by atoms with Crippen LogP contribution in [0, 0.1) is 17.2 Å². The van der Waals surface area contributed by atoms with E-state index in [4.69, 9.17) is 5.26 Å². The molecular weight excluding hydrogens is 188 g/mol. The molecule has 82 valence electrons. The molecule has 4 nitrogen and oxygen atoms in total. The molecule has 0 aliphatic carbocycles. The Morgan fingerprint density at radius 3 is 2.73 bits per heavy atom. The molecule has 0 radical (unpaired) electrons. The van der Waals surface area contributed by atoms with Crippen LogP contribution in [0.25, 0.3) is 0 Å². The molecule has 0 spiro atoms. The predicted octanol–water partition coefficient (Wildman–Crippen LogP) is 2.15. The van der Waals surface area contributed by atoms with Crippen molar-refractivity contribution in [3.05, 3.63) is 11.4 Å². The highest BCUT2D eigenvalue weighted by Gasteiger charge is 2.12. The number of hydrogen-bond acceptors (Lipinski definition) is 3. The second-order valence-corrected chi connectivity index (χ2v) is 4.17. The van der Waals surface area contributed by atoms with Crippen molar-refractivity contribution in [2.45, 2.75) is 46.6 Å². The van der Waals surface area contributed by atoms with Crippen LogP contribution >= 0.6 is 0 Å². The fourth-order valence-electron chi connectivity index (χ4n) is 1.46. The average Bonchev–Trinajstić information content (AvgIpc) is 2.56. The number of nitrogens with zero attached hydrogens (tertiary/aromatic N) is 4. The first-order chi connectivity index (χ1) is 7.19. The molecule has 0 saturated carbocycles. The summed E-state index contributed by atoms with van der Waals surface area (Å²) in [5.41, 5.74) is 1.47. The van der Waals surface area contributed by atoms with Gasteiger partial charge in [-0.1, -0.05) is 32.4 Å². The highest BCUT2D eigenvalue weighted by atomic mass is 15.4. The molecule has 1 aromatic rings. The first kappa shape index (κ1) is 11.7. The molecule has 0 N–H and O–H groups in total. The molecule has 1 heterocycles. The van der Waals surface area contributed by atoms with Crippen LogP contribution in [0.4, 0.5) is 0 Å². The van der Waals surface area contributed by atoms with E-state index >= 15 is 0 Å². The maximum Gasteiger partial charge on any atom is 0.161 e. The number of rotatable bonds is 5. The first-order valence-corrected chi connectivity index (χ1v) is 5.51. The van der Waals surface area contributed by atoms with Gasteiger partial charge in [0.2, 0.25) is 0 Å². The Labute approximate surface area is 90.9 Å². The van der Waals surface area contributed by atoms with Crippen LogP contribution in [0.2, 0.25) is 0 Å². The first-order valence-electron chi connectivity index (χ1n) is 5.51. The Bertz CT molecular complexity index is 346. The summed E-state index contributed by atoms with van der Waals surface area (Å²) in [6.45, 7) is 7.15. The fraction of sp³-hybridized carbons (Fsp3) is 0.727. The molecule has 0 amide bonds. The van der Waals surface area contributed by atoms with Crippen molar-refractivity contribution in [3.8, 4) is 6.07 Å². The molecule has 0 aromatic carbocycles. The van der Waals surface area contributed by atoms with Gasteiger partial charge >= 0.3 is 0 Å². The molecule has 15 heavy (non-hydrogen) atoms. The van der Waals surface area contributed by atoms with Crippen molar-refractivity contribution >= 4 is 0 Å². The third-order valence-electron chi connectivity index (χ3n) is 2.24. The molecule has 0 bridgehead atoms. The Morgan fingerprint density at radius 1 is 1.47 bits per heavy atom. The molecule has 0 saturated heterocycles. The Kier molecular flexibility index (Phi) is 4.29. The summed E-state index contributed by atoms with van der Waals surface area (Å²) in [5.74, 6) is 0.508. The van der Waals surface area contributed by atoms with Crippen molar-refractivity contribution in [2.75, 3.05) is 0 Å². The molecule has 0 aliphatic heterocycles. The van der Waals surface area contributed by atoms with Crippen LogP contribution in [-0.2, 0) is 13.0 Å². The van der Waals surface area contributed by atoms with E-state index in [0.29, 0.717) is 11.6 Å². The third kappa shape index (κ3) is 3.05. The minimum Gasteiger partial charge on any atom is -0.234 e. The van der Waals surface area contributed by atoms with Gasteiger partial charge in [-0.25, -0.2) is 4.68 Å². The third-order valence-corrected chi connectivity index (χ3v) is 2.24. The van der Waals surface area contributed by atoms with E-state index in [0.717, 1.165) is 31.5 Å². The molecule has 1 rings (SSSR count). The van der Waals surface area contributed by atoms with Gasteiger partial charge in [0, 0.05) is 6.54 Å². The summed E-state index contributed by atoms with van der Waals surface area (Å²) in [4.78, 5) is 0. The van der Waals surface area contributed by atoms with Gasteiger partial charge in [-0.2, -0.15) is 5.26 Å². The Morgan fingerprint density at radius 2 is 2.20 bits per heavy atom. The summed E-state index contributed by atoms with van der Waals surface area (Å²) in [6.07, 6.45) is 2.97. The number of hydrogen-bond donors (Lipinski definition) is 0. The highest BCUT2D eigenvalue weighted by Crippen LogP contribution is 2.10. The van der Waals surface area contributed by atoms with Crippen molar-refractivity contribution in [1.29, 1.82) is 5.26 Å². The average molecular weight is 206 g/mol. The van der Waals surface area contributed by atoms with Gasteiger partial charge in [0.1, 0.15) is 11.8 Å². The zero-order chi connectivity index (χ0) is 11.3. The predicted molar refractivity (Wildman–Crippen MR) is 58.2 cm³/mol. The van der Waals surface area contributed by atoms with Crippen molar-refractivity contribution in [1.82, 2.24) is 15.0 Å². The zero-order valence-electron chi connectivity index (χ0n) is 9.69. The lowest BCUT2D eigenvalue weighted by atomic mass is 10.1. The quantitative estimate of drug-likeness (QED) is 0.741. The van der Waals surface area contributed by atoms with E-state index in [1.807, 2.05) is 0 Å². The van der Waals surface area contributed by atoms with E-state index in [1.54, 1.807) is 4.68 Å². The summed E-state index contributed by atoms with van der Waals surface area (Å²) in [5, 5.41) is 17.1. The SMILES string of the molecule is CCCCn1nnc(CC(C)C)c1C#N. The fourth-order valence-corrected chi connectivity index (χ4v) is 1.46. The lowest BCUT2D eigenvalue weighted by molar-refractivity contribution is 0.548. The molecule has 0 fully saturated rings. The second-order valence-electron chi connectivity index (χ2n) is 4.17. The lowest BCUT2D eigenvalue weighted by Crippen LogP contribution is -2.04. The van der Waals surface area contributed by atoms with Gasteiger partial charge in [-0.15, -0.1) is 5.10 Å². The van der Waals surface area contributed by atoms with Gasteiger partial charge in [-0.05, 0) is 18.8 Å². The van der Waals surface area contributed by atoms with Gasteiger partial charge in [0.05, 0.1) is 0 Å². The van der Waals surface area contributed by atoms with Crippen molar-refractivity contribution in [3.63, 3.8) is 0 Å². The molecule has 0 unspecified atom stereocenters. The summed E-state index contributed by atoms with van der Waals surface area (Å²) < 4.78 is 1.72. The molecule has 4 heteroatoms. The van der Waals surface area contributed by atoms with Gasteiger partial charge in [0.15, 0.2) is 5.69 Å². The number of nitriles is 1. The minimum atomic E-state index is 0.508. The summed E-state index contributed by atoms with van der Waals surface area (Å²) in [6, 6.07) is 2.20. The second kappa shape index (κ2) is 5.50. The van der Waals surface area contributed by atoms with E-state index in [9.17, 15) is 0 Å². The maximum absolute atomic E-state index is 9.05. The standard InChI is InChI=1S/C11H18N4/c1-4-5-6-15-11(8-12)10(13-14-15)7-9(2)3/h9H,4-7H2,1-3H3. The van der Waals surface area contributed by atoms with Crippen LogP contribution in [0.1, 0.15) is 45.0 Å². The van der Waals surface area contributed by atoms with E-state index in [-0.39, 0.29) is 0 Å². The molecular formula is C11H18N4. The number of aromatic nitrogens is 3. The number of unbranched alkanes of at least 4 members (excludes halogenated alkanes) is 1. The van der Waals surface area contributed by atoms with E-state index in [2.05, 4.69) is 37.2 Å². The topological polar surface area (TPSA) is 54.5 Å². The Hall–Kier alpha value is -1.37. The maximum atomic E-state index is 9.05. The van der Waals surface area contributed by atoms with Gasteiger partial charge in [-0.3, -0.25) is 0 Å². The van der Waals surface area contributed by atoms with Crippen molar-refractivity contribution < 1.29 is 0 Å². The molecule has 1 aromatic heterocycles. The zero-order valence-corrected chi connectivity index (χ0v) is 9.69. The van der Waals surface area contributed by atoms with E-state index in [1.165, 1.54) is 0 Å². The van der Waals surface area contributed by atoms with Crippen LogP contribution in [0.3, 0.4) is 0 Å². The van der Waals surface area contributed by atoms with Gasteiger partial charge in [0.25, 0.3) is 0 Å². The largest absolute Gasteiger partial charge is 0.234 e. The van der Waals surface area contributed by atoms with Crippen LogP contribution < -0.4 is 0 Å². The molecule has 0 aliphatic rings. The van der Waals surface area contributed by atoms with E-state index < -0.39 is 0 Å². The van der Waals surface area contributed by atoms with Crippen LogP contribution in [-0.4, -0.2) is 15.0 Å². The normalized spacial score (nSPS) is 10.6. The monoisotopic (exact) mass is 206 g/mol.